The fourth-order valence-electron chi connectivity index (χ4n) is 2.65. The van der Waals surface area contributed by atoms with Crippen LogP contribution in [0.15, 0.2) is 41.3 Å². The molecule has 0 aliphatic heterocycles. The Bertz CT molecular complexity index is 688. The highest BCUT2D eigenvalue weighted by Gasteiger charge is 2.17. The molecular formula is C18H24N2O. The van der Waals surface area contributed by atoms with Gasteiger partial charge in [-0.05, 0) is 44.4 Å². The van der Waals surface area contributed by atoms with E-state index in [9.17, 15) is 4.79 Å². The summed E-state index contributed by atoms with van der Waals surface area (Å²) in [6.07, 6.45) is 2.76. The minimum absolute atomic E-state index is 0.0133. The molecule has 0 fully saturated rings. The van der Waals surface area contributed by atoms with Crippen molar-refractivity contribution in [1.29, 1.82) is 0 Å². The van der Waals surface area contributed by atoms with E-state index in [-0.39, 0.29) is 17.6 Å². The summed E-state index contributed by atoms with van der Waals surface area (Å²) in [7, 11) is 0. The van der Waals surface area contributed by atoms with Gasteiger partial charge in [0.25, 0.3) is 5.56 Å². The first-order valence-corrected chi connectivity index (χ1v) is 7.49. The molecule has 0 saturated carbocycles. The highest BCUT2D eigenvalue weighted by molar-refractivity contribution is 5.37. The lowest BCUT2D eigenvalue weighted by molar-refractivity contribution is 0.509. The van der Waals surface area contributed by atoms with E-state index in [1.165, 1.54) is 5.56 Å². The highest BCUT2D eigenvalue weighted by atomic mass is 16.1. The van der Waals surface area contributed by atoms with Gasteiger partial charge in [-0.2, -0.15) is 0 Å². The number of benzene rings is 1. The third-order valence-corrected chi connectivity index (χ3v) is 4.17. The van der Waals surface area contributed by atoms with Crippen LogP contribution in [0.25, 0.3) is 0 Å². The van der Waals surface area contributed by atoms with Crippen LogP contribution in [0.4, 0.5) is 0 Å². The van der Waals surface area contributed by atoms with Crippen molar-refractivity contribution >= 4 is 0 Å². The van der Waals surface area contributed by atoms with E-state index < -0.39 is 0 Å². The van der Waals surface area contributed by atoms with Crippen molar-refractivity contribution < 1.29 is 0 Å². The predicted octanol–water partition coefficient (Wildman–Crippen LogP) is 3.48. The molecule has 1 aromatic carbocycles. The van der Waals surface area contributed by atoms with Gasteiger partial charge in [-0.1, -0.05) is 36.8 Å². The second kappa shape index (κ2) is 6.27. The minimum atomic E-state index is -0.380. The lowest BCUT2D eigenvalue weighted by atomic mass is 9.95. The molecule has 0 spiro atoms. The largest absolute Gasteiger partial charge is 0.320 e. The van der Waals surface area contributed by atoms with Gasteiger partial charge < -0.3 is 10.3 Å². The zero-order chi connectivity index (χ0) is 15.6. The van der Waals surface area contributed by atoms with E-state index in [0.29, 0.717) is 5.56 Å². The van der Waals surface area contributed by atoms with E-state index in [0.717, 1.165) is 17.5 Å². The monoisotopic (exact) mass is 284 g/mol. The number of pyridine rings is 1. The van der Waals surface area contributed by atoms with Crippen molar-refractivity contribution in [3.8, 4) is 0 Å². The van der Waals surface area contributed by atoms with E-state index >= 15 is 0 Å². The molecule has 0 bridgehead atoms. The van der Waals surface area contributed by atoms with Crippen LogP contribution >= 0.6 is 0 Å². The van der Waals surface area contributed by atoms with Crippen LogP contribution in [0.1, 0.15) is 54.6 Å². The van der Waals surface area contributed by atoms with Crippen molar-refractivity contribution in [2.24, 2.45) is 5.73 Å². The van der Waals surface area contributed by atoms with Gasteiger partial charge in [0, 0.05) is 17.8 Å². The van der Waals surface area contributed by atoms with Gasteiger partial charge in [-0.15, -0.1) is 0 Å². The Hall–Kier alpha value is -1.87. The van der Waals surface area contributed by atoms with Crippen molar-refractivity contribution in [1.82, 2.24) is 4.57 Å². The number of nitrogens with zero attached hydrogens (tertiary/aromatic N) is 1. The summed E-state index contributed by atoms with van der Waals surface area (Å²) in [6.45, 7) is 8.22. The van der Waals surface area contributed by atoms with Gasteiger partial charge in [-0.25, -0.2) is 0 Å². The molecule has 0 aliphatic carbocycles. The average Bonchev–Trinajstić information content (AvgIpc) is 2.46. The zero-order valence-electron chi connectivity index (χ0n) is 13.3. The first kappa shape index (κ1) is 15.5. The van der Waals surface area contributed by atoms with E-state index in [1.54, 1.807) is 4.57 Å². The SMILES string of the molecule is CCC(C)n1cccc(C(N)c2ccc(C)cc2C)c1=O. The molecule has 0 radical (unpaired) electrons. The van der Waals surface area contributed by atoms with Gasteiger partial charge in [0.05, 0.1) is 6.04 Å². The number of aryl methyl sites for hydroxylation is 2. The summed E-state index contributed by atoms with van der Waals surface area (Å²) in [5.41, 5.74) is 10.4. The Morgan fingerprint density at radius 3 is 2.52 bits per heavy atom. The molecule has 1 aromatic heterocycles. The molecule has 0 amide bonds. The molecule has 3 nitrogen and oxygen atoms in total. The number of aromatic nitrogens is 1. The standard InChI is InChI=1S/C18H24N2O/c1-5-14(4)20-10-6-7-16(18(20)21)17(19)15-9-8-12(2)11-13(15)3/h6-11,14,17H,5,19H2,1-4H3. The first-order chi connectivity index (χ1) is 9.95. The lowest BCUT2D eigenvalue weighted by Gasteiger charge is -2.19. The van der Waals surface area contributed by atoms with Crippen LogP contribution in [0, 0.1) is 13.8 Å². The van der Waals surface area contributed by atoms with Crippen LogP contribution in [0.2, 0.25) is 0 Å². The summed E-state index contributed by atoms with van der Waals surface area (Å²) < 4.78 is 1.78. The third kappa shape index (κ3) is 3.08. The maximum Gasteiger partial charge on any atom is 0.255 e. The van der Waals surface area contributed by atoms with Gasteiger partial charge in [-0.3, -0.25) is 4.79 Å². The molecule has 2 unspecified atom stereocenters. The van der Waals surface area contributed by atoms with Crippen LogP contribution in [0.5, 0.6) is 0 Å². The third-order valence-electron chi connectivity index (χ3n) is 4.17. The Kier molecular flexibility index (Phi) is 4.63. The molecule has 2 atom stereocenters. The van der Waals surface area contributed by atoms with Gasteiger partial charge >= 0.3 is 0 Å². The summed E-state index contributed by atoms with van der Waals surface area (Å²) in [5, 5.41) is 0. The highest BCUT2D eigenvalue weighted by Crippen LogP contribution is 2.22. The van der Waals surface area contributed by atoms with Crippen molar-refractivity contribution in [2.45, 2.75) is 46.2 Å². The molecule has 3 heteroatoms. The zero-order valence-corrected chi connectivity index (χ0v) is 13.3. The molecule has 0 aliphatic rings. The van der Waals surface area contributed by atoms with Crippen LogP contribution in [0.3, 0.4) is 0 Å². The molecule has 2 aromatic rings. The van der Waals surface area contributed by atoms with Gasteiger partial charge in [0.1, 0.15) is 0 Å². The van der Waals surface area contributed by atoms with Gasteiger partial charge in [0.2, 0.25) is 0 Å². The normalized spacial score (nSPS) is 14.0. The fraction of sp³-hybridized carbons (Fsp3) is 0.389. The Labute approximate surface area is 126 Å². The van der Waals surface area contributed by atoms with Crippen LogP contribution in [-0.2, 0) is 0 Å². The Morgan fingerprint density at radius 2 is 1.90 bits per heavy atom. The lowest BCUT2D eigenvalue weighted by Crippen LogP contribution is -2.30. The van der Waals surface area contributed by atoms with E-state index in [1.807, 2.05) is 44.3 Å². The average molecular weight is 284 g/mol. The Morgan fingerprint density at radius 1 is 1.19 bits per heavy atom. The van der Waals surface area contributed by atoms with Crippen molar-refractivity contribution in [3.05, 3.63) is 69.1 Å². The summed E-state index contributed by atoms with van der Waals surface area (Å²) in [4.78, 5) is 12.6. The number of hydrogen-bond acceptors (Lipinski definition) is 2. The predicted molar refractivity (Wildman–Crippen MR) is 87.7 cm³/mol. The van der Waals surface area contributed by atoms with E-state index in [4.69, 9.17) is 5.73 Å². The van der Waals surface area contributed by atoms with Crippen LogP contribution in [-0.4, -0.2) is 4.57 Å². The summed E-state index contributed by atoms with van der Waals surface area (Å²) >= 11 is 0. The molecule has 1 heterocycles. The maximum atomic E-state index is 12.6. The molecule has 2 rings (SSSR count). The Balaban J connectivity index is 2.49. The quantitative estimate of drug-likeness (QED) is 0.934. The molecule has 2 N–H and O–H groups in total. The number of hydrogen-bond donors (Lipinski definition) is 1. The molecule has 0 saturated heterocycles. The first-order valence-electron chi connectivity index (χ1n) is 7.49. The topological polar surface area (TPSA) is 48.0 Å². The maximum absolute atomic E-state index is 12.6. The van der Waals surface area contributed by atoms with Gasteiger partial charge in [0.15, 0.2) is 0 Å². The molecule has 112 valence electrons. The smallest absolute Gasteiger partial charge is 0.255 e. The second-order valence-corrected chi connectivity index (χ2v) is 5.77. The minimum Gasteiger partial charge on any atom is -0.320 e. The molecular weight excluding hydrogens is 260 g/mol. The van der Waals surface area contributed by atoms with Crippen molar-refractivity contribution in [3.63, 3.8) is 0 Å². The summed E-state index contributed by atoms with van der Waals surface area (Å²) in [6, 6.07) is 9.72. The number of nitrogens with two attached hydrogens (primary N) is 1. The summed E-state index contributed by atoms with van der Waals surface area (Å²) in [5.74, 6) is 0. The number of rotatable bonds is 4. The molecule has 21 heavy (non-hydrogen) atoms. The second-order valence-electron chi connectivity index (χ2n) is 5.77. The van der Waals surface area contributed by atoms with Crippen LogP contribution < -0.4 is 11.3 Å². The fourth-order valence-corrected chi connectivity index (χ4v) is 2.65. The van der Waals surface area contributed by atoms with E-state index in [2.05, 4.69) is 19.9 Å². The van der Waals surface area contributed by atoms with Crippen molar-refractivity contribution in [2.75, 3.05) is 0 Å².